The molecule has 0 saturated carbocycles. The highest BCUT2D eigenvalue weighted by Crippen LogP contribution is 2.30. The van der Waals surface area contributed by atoms with Gasteiger partial charge in [-0.3, -0.25) is 0 Å². The number of aromatic nitrogens is 2. The smallest absolute Gasteiger partial charge is 0.339 e. The zero-order valence-electron chi connectivity index (χ0n) is 15.0. The van der Waals surface area contributed by atoms with Gasteiger partial charge in [0, 0.05) is 39.1 Å². The summed E-state index contributed by atoms with van der Waals surface area (Å²) in [5.74, 6) is -0.0246. The lowest BCUT2D eigenvalue weighted by Gasteiger charge is -2.35. The predicted octanol–water partition coefficient (Wildman–Crippen LogP) is 0.850. The first kappa shape index (κ1) is 18.6. The lowest BCUT2D eigenvalue weighted by molar-refractivity contribution is 0.0596. The van der Waals surface area contributed by atoms with E-state index in [1.165, 1.54) is 23.5 Å². The van der Waals surface area contributed by atoms with Crippen LogP contribution in [0.1, 0.15) is 27.8 Å². The molecule has 2 heterocycles. The molecule has 1 aromatic carbocycles. The summed E-state index contributed by atoms with van der Waals surface area (Å²) in [7, 11) is -0.852. The molecule has 1 saturated heterocycles. The molecule has 1 N–H and O–H groups in total. The fraction of sp³-hybridized carbons (Fsp3) is 0.412. The number of nitrogens with one attached hydrogen (secondary N) is 1. The van der Waals surface area contributed by atoms with Crippen molar-refractivity contribution >= 4 is 16.0 Å². The van der Waals surface area contributed by atoms with Crippen molar-refractivity contribution in [3.63, 3.8) is 0 Å². The minimum atomic E-state index is -3.92. The van der Waals surface area contributed by atoms with Crippen LogP contribution in [0.4, 0.5) is 0 Å². The van der Waals surface area contributed by atoms with Crippen molar-refractivity contribution in [1.82, 2.24) is 19.2 Å². The topological polar surface area (TPSA) is 93.5 Å². The van der Waals surface area contributed by atoms with Gasteiger partial charge in [0.15, 0.2) is 0 Å². The Balaban J connectivity index is 2.09. The van der Waals surface area contributed by atoms with Gasteiger partial charge in [0.25, 0.3) is 0 Å². The summed E-state index contributed by atoms with van der Waals surface area (Å²) in [6, 6.07) is 4.23. The van der Waals surface area contributed by atoms with Gasteiger partial charge in [0.1, 0.15) is 5.82 Å². The zero-order valence-corrected chi connectivity index (χ0v) is 15.8. The van der Waals surface area contributed by atoms with Gasteiger partial charge in [-0.15, -0.1) is 0 Å². The second-order valence-corrected chi connectivity index (χ2v) is 8.08. The van der Waals surface area contributed by atoms with Gasteiger partial charge in [-0.1, -0.05) is 11.6 Å². The summed E-state index contributed by atoms with van der Waals surface area (Å²) in [6.07, 6.45) is 3.42. The SMILES string of the molecule is COC(=O)c1cc(C)ccc1S(=O)(=O)N1CCNCC1c1nccn1C. The van der Waals surface area contributed by atoms with Crippen molar-refractivity contribution in [1.29, 1.82) is 0 Å². The number of carbonyl (C=O) groups excluding carboxylic acids is 1. The number of rotatable bonds is 4. The van der Waals surface area contributed by atoms with E-state index in [1.807, 2.05) is 7.05 Å². The Labute approximate surface area is 152 Å². The molecule has 0 spiro atoms. The zero-order chi connectivity index (χ0) is 18.9. The van der Waals surface area contributed by atoms with Crippen LogP contribution in [0.5, 0.6) is 0 Å². The van der Waals surface area contributed by atoms with Crippen molar-refractivity contribution in [2.45, 2.75) is 17.9 Å². The van der Waals surface area contributed by atoms with E-state index in [0.717, 1.165) is 5.56 Å². The minimum Gasteiger partial charge on any atom is -0.465 e. The molecule has 26 heavy (non-hydrogen) atoms. The van der Waals surface area contributed by atoms with Gasteiger partial charge >= 0.3 is 5.97 Å². The monoisotopic (exact) mass is 378 g/mol. The molecule has 1 aromatic heterocycles. The van der Waals surface area contributed by atoms with E-state index >= 15 is 0 Å². The Morgan fingerprint density at radius 2 is 2.15 bits per heavy atom. The number of piperazine rings is 1. The summed E-state index contributed by atoms with van der Waals surface area (Å²) >= 11 is 0. The normalized spacial score (nSPS) is 18.7. The molecule has 1 atom stereocenters. The van der Waals surface area contributed by atoms with Crippen molar-refractivity contribution in [3.8, 4) is 0 Å². The summed E-state index contributed by atoms with van der Waals surface area (Å²) in [4.78, 5) is 16.4. The van der Waals surface area contributed by atoms with E-state index in [1.54, 1.807) is 30.0 Å². The Morgan fingerprint density at radius 3 is 2.81 bits per heavy atom. The summed E-state index contributed by atoms with van der Waals surface area (Å²) in [5.41, 5.74) is 0.829. The van der Waals surface area contributed by atoms with E-state index in [2.05, 4.69) is 10.3 Å². The maximum absolute atomic E-state index is 13.4. The standard InChI is InChI=1S/C17H22N4O4S/c1-12-4-5-15(13(10-12)17(22)25-3)26(23,24)21-9-6-18-11-14(21)16-19-7-8-20(16)2/h4-5,7-8,10,14,18H,6,9,11H2,1-3H3. The molecular formula is C17H22N4O4S. The second kappa shape index (κ2) is 7.18. The van der Waals surface area contributed by atoms with E-state index in [-0.39, 0.29) is 17.0 Å². The number of imidazole rings is 1. The van der Waals surface area contributed by atoms with Gasteiger partial charge in [-0.05, 0) is 19.1 Å². The van der Waals surface area contributed by atoms with E-state index in [0.29, 0.717) is 18.9 Å². The van der Waals surface area contributed by atoms with Crippen LogP contribution < -0.4 is 5.32 Å². The number of hydrogen-bond acceptors (Lipinski definition) is 6. The number of esters is 1. The quantitative estimate of drug-likeness (QED) is 0.793. The second-order valence-electron chi connectivity index (χ2n) is 6.22. The van der Waals surface area contributed by atoms with Crippen LogP contribution in [0.15, 0.2) is 35.5 Å². The van der Waals surface area contributed by atoms with Crippen LogP contribution in [-0.2, 0) is 21.8 Å². The van der Waals surface area contributed by atoms with Crippen LogP contribution in [0.25, 0.3) is 0 Å². The van der Waals surface area contributed by atoms with Gasteiger partial charge in [-0.2, -0.15) is 4.31 Å². The maximum atomic E-state index is 13.4. The third-order valence-electron chi connectivity index (χ3n) is 4.48. The fourth-order valence-corrected chi connectivity index (χ4v) is 4.90. The molecule has 9 heteroatoms. The van der Waals surface area contributed by atoms with E-state index < -0.39 is 22.0 Å². The first-order chi connectivity index (χ1) is 12.4. The number of benzene rings is 1. The number of hydrogen-bond donors (Lipinski definition) is 1. The average molecular weight is 378 g/mol. The number of methoxy groups -OCH3 is 1. The summed E-state index contributed by atoms with van der Waals surface area (Å²) in [6.45, 7) is 3.06. The van der Waals surface area contributed by atoms with Crippen molar-refractivity contribution < 1.29 is 17.9 Å². The highest BCUT2D eigenvalue weighted by Gasteiger charge is 2.38. The number of ether oxygens (including phenoxy) is 1. The third-order valence-corrected chi connectivity index (χ3v) is 6.44. The molecule has 0 radical (unpaired) electrons. The molecular weight excluding hydrogens is 356 g/mol. The van der Waals surface area contributed by atoms with Gasteiger partial charge < -0.3 is 14.6 Å². The van der Waals surface area contributed by atoms with Crippen molar-refractivity contribution in [2.24, 2.45) is 7.05 Å². The summed E-state index contributed by atoms with van der Waals surface area (Å²) < 4.78 is 34.8. The van der Waals surface area contributed by atoms with Gasteiger partial charge in [0.05, 0.1) is 23.6 Å². The Hall–Kier alpha value is -2.23. The molecule has 2 aromatic rings. The van der Waals surface area contributed by atoms with Crippen LogP contribution in [-0.4, -0.2) is 55.0 Å². The Kier molecular flexibility index (Phi) is 5.12. The molecule has 3 rings (SSSR count). The molecule has 1 fully saturated rings. The molecule has 0 bridgehead atoms. The van der Waals surface area contributed by atoms with Crippen molar-refractivity contribution in [2.75, 3.05) is 26.7 Å². The van der Waals surface area contributed by atoms with Crippen molar-refractivity contribution in [3.05, 3.63) is 47.5 Å². The fourth-order valence-electron chi connectivity index (χ4n) is 3.16. The first-order valence-corrected chi connectivity index (χ1v) is 9.69. The molecule has 1 aliphatic heterocycles. The lowest BCUT2D eigenvalue weighted by Crippen LogP contribution is -2.49. The largest absolute Gasteiger partial charge is 0.465 e. The first-order valence-electron chi connectivity index (χ1n) is 8.25. The minimum absolute atomic E-state index is 0.0453. The third kappa shape index (κ3) is 3.25. The number of aryl methyl sites for hydroxylation is 2. The van der Waals surface area contributed by atoms with Crippen LogP contribution in [0.2, 0.25) is 0 Å². The molecule has 140 valence electrons. The summed E-state index contributed by atoms with van der Waals surface area (Å²) in [5, 5.41) is 3.21. The predicted molar refractivity (Wildman–Crippen MR) is 95.2 cm³/mol. The van der Waals surface area contributed by atoms with E-state index in [4.69, 9.17) is 4.74 Å². The highest BCUT2D eigenvalue weighted by atomic mass is 32.2. The van der Waals surface area contributed by atoms with Gasteiger partial charge in [-0.25, -0.2) is 18.2 Å². The van der Waals surface area contributed by atoms with Gasteiger partial charge in [0.2, 0.25) is 10.0 Å². The molecule has 0 aliphatic carbocycles. The highest BCUT2D eigenvalue weighted by molar-refractivity contribution is 7.89. The Morgan fingerprint density at radius 1 is 1.38 bits per heavy atom. The molecule has 1 unspecified atom stereocenters. The average Bonchev–Trinajstić information content (AvgIpc) is 3.06. The molecule has 1 aliphatic rings. The lowest BCUT2D eigenvalue weighted by atomic mass is 10.1. The van der Waals surface area contributed by atoms with E-state index in [9.17, 15) is 13.2 Å². The number of sulfonamides is 1. The van der Waals surface area contributed by atoms with Crippen LogP contribution >= 0.6 is 0 Å². The van der Waals surface area contributed by atoms with Crippen LogP contribution in [0, 0.1) is 6.92 Å². The molecule has 0 amide bonds. The van der Waals surface area contributed by atoms with Crippen LogP contribution in [0.3, 0.4) is 0 Å². The molecule has 8 nitrogen and oxygen atoms in total. The Bertz CT molecular complexity index is 923. The maximum Gasteiger partial charge on any atom is 0.339 e. The number of nitrogens with zero attached hydrogens (tertiary/aromatic N) is 3. The number of carbonyl (C=O) groups is 1.